The second-order valence-corrected chi connectivity index (χ2v) is 6.26. The lowest BCUT2D eigenvalue weighted by atomic mass is 10.2. The maximum absolute atomic E-state index is 9.84. The largest absolute Gasteiger partial charge is 0.508 e. The third-order valence-electron chi connectivity index (χ3n) is 4.60. The van der Waals surface area contributed by atoms with Crippen molar-refractivity contribution in [1.82, 2.24) is 19.6 Å². The molecule has 130 valence electrons. The maximum Gasteiger partial charge on any atom is 0.182 e. The highest BCUT2D eigenvalue weighted by Gasteiger charge is 2.20. The summed E-state index contributed by atoms with van der Waals surface area (Å²) in [6.07, 6.45) is 1.78. The third kappa shape index (κ3) is 2.44. The van der Waals surface area contributed by atoms with Gasteiger partial charge in [-0.2, -0.15) is 0 Å². The number of phenolic OH excluding ortho intramolecular Hbond substituents is 1. The van der Waals surface area contributed by atoms with Gasteiger partial charge in [0.1, 0.15) is 11.3 Å². The van der Waals surface area contributed by atoms with Gasteiger partial charge >= 0.3 is 0 Å². The van der Waals surface area contributed by atoms with E-state index in [1.54, 1.807) is 24.4 Å². The highest BCUT2D eigenvalue weighted by Crippen LogP contribution is 2.29. The molecular weight excluding hydrogens is 330 g/mol. The molecule has 0 radical (unpaired) electrons. The first-order valence-corrected chi connectivity index (χ1v) is 8.56. The fourth-order valence-corrected chi connectivity index (χ4v) is 3.34. The van der Waals surface area contributed by atoms with Crippen molar-refractivity contribution in [3.05, 3.63) is 48.7 Å². The summed E-state index contributed by atoms with van der Waals surface area (Å²) in [6.45, 7) is 2.91. The third-order valence-corrected chi connectivity index (χ3v) is 4.60. The molecule has 0 aliphatic carbocycles. The number of pyridine rings is 1. The summed E-state index contributed by atoms with van der Waals surface area (Å²) in [5, 5.41) is 14.6. The number of nitrogens with zero attached hydrogens (tertiary/aromatic N) is 5. The van der Waals surface area contributed by atoms with Crippen LogP contribution < -0.4 is 4.90 Å². The Morgan fingerprint density at radius 1 is 1.00 bits per heavy atom. The van der Waals surface area contributed by atoms with Crippen LogP contribution in [0.25, 0.3) is 27.9 Å². The number of benzene rings is 1. The Hall–Kier alpha value is -3.19. The molecule has 0 amide bonds. The number of aromatic nitrogens is 4. The molecule has 5 rings (SSSR count). The van der Waals surface area contributed by atoms with Crippen LogP contribution in [0, 0.1) is 0 Å². The van der Waals surface area contributed by atoms with Gasteiger partial charge in [-0.25, -0.2) is 9.50 Å². The van der Waals surface area contributed by atoms with Crippen molar-refractivity contribution in [3.63, 3.8) is 0 Å². The van der Waals surface area contributed by atoms with E-state index in [0.717, 1.165) is 41.0 Å². The Bertz CT molecular complexity index is 1100. The van der Waals surface area contributed by atoms with Gasteiger partial charge < -0.3 is 14.7 Å². The quantitative estimate of drug-likeness (QED) is 0.600. The van der Waals surface area contributed by atoms with Gasteiger partial charge in [-0.1, -0.05) is 12.1 Å². The molecule has 1 saturated heterocycles. The molecule has 1 aliphatic heterocycles. The van der Waals surface area contributed by atoms with Crippen LogP contribution in [0.2, 0.25) is 0 Å². The van der Waals surface area contributed by atoms with Crippen molar-refractivity contribution >= 4 is 22.4 Å². The van der Waals surface area contributed by atoms with Gasteiger partial charge in [-0.3, -0.25) is 4.98 Å². The standard InChI is InChI=1S/C19H17N5O2/c25-14-4-1-3-13(11-14)18-21-19(23-7-9-26-10-8-23)17-12-15-16(24(17)22-18)5-2-6-20-15/h1-6,11-12,25H,7-10H2. The maximum atomic E-state index is 9.84. The Morgan fingerprint density at radius 2 is 1.88 bits per heavy atom. The zero-order valence-electron chi connectivity index (χ0n) is 14.0. The van der Waals surface area contributed by atoms with Crippen molar-refractivity contribution in [1.29, 1.82) is 0 Å². The molecule has 7 heteroatoms. The van der Waals surface area contributed by atoms with Crippen LogP contribution in [-0.4, -0.2) is 51.0 Å². The summed E-state index contributed by atoms with van der Waals surface area (Å²) in [5.74, 6) is 1.62. The van der Waals surface area contributed by atoms with Gasteiger partial charge in [0.25, 0.3) is 0 Å². The Kier molecular flexibility index (Phi) is 3.46. The summed E-state index contributed by atoms with van der Waals surface area (Å²) in [6, 6.07) is 12.9. The van der Waals surface area contributed by atoms with Crippen molar-refractivity contribution in [2.75, 3.05) is 31.2 Å². The highest BCUT2D eigenvalue weighted by molar-refractivity contribution is 5.88. The molecule has 26 heavy (non-hydrogen) atoms. The summed E-state index contributed by atoms with van der Waals surface area (Å²) in [7, 11) is 0. The molecule has 0 unspecified atom stereocenters. The van der Waals surface area contributed by atoms with E-state index in [9.17, 15) is 5.11 Å². The van der Waals surface area contributed by atoms with Crippen molar-refractivity contribution in [2.24, 2.45) is 0 Å². The number of aromatic hydroxyl groups is 1. The van der Waals surface area contributed by atoms with Gasteiger partial charge in [0, 0.05) is 24.8 Å². The number of hydrogen-bond acceptors (Lipinski definition) is 6. The number of fused-ring (bicyclic) bond motifs is 3. The highest BCUT2D eigenvalue weighted by atomic mass is 16.5. The number of phenols is 1. The zero-order valence-corrected chi connectivity index (χ0v) is 14.0. The molecule has 0 saturated carbocycles. The monoisotopic (exact) mass is 347 g/mol. The van der Waals surface area contributed by atoms with Gasteiger partial charge in [-0.15, -0.1) is 5.10 Å². The molecule has 0 bridgehead atoms. The number of anilines is 1. The summed E-state index contributed by atoms with van der Waals surface area (Å²) < 4.78 is 7.37. The molecule has 7 nitrogen and oxygen atoms in total. The van der Waals surface area contributed by atoms with E-state index >= 15 is 0 Å². The predicted octanol–water partition coefficient (Wildman–Crippen LogP) is 2.49. The molecule has 1 aromatic carbocycles. The first-order chi connectivity index (χ1) is 12.8. The van der Waals surface area contributed by atoms with Crippen molar-refractivity contribution in [3.8, 4) is 17.1 Å². The van der Waals surface area contributed by atoms with E-state index in [0.29, 0.717) is 19.0 Å². The molecule has 0 spiro atoms. The topological polar surface area (TPSA) is 75.8 Å². The molecular formula is C19H17N5O2. The molecule has 1 fully saturated rings. The van der Waals surface area contributed by atoms with Crippen molar-refractivity contribution in [2.45, 2.75) is 0 Å². The lowest BCUT2D eigenvalue weighted by molar-refractivity contribution is 0.122. The van der Waals surface area contributed by atoms with Crippen LogP contribution in [0.1, 0.15) is 0 Å². The normalized spacial score (nSPS) is 15.0. The molecule has 1 N–H and O–H groups in total. The average molecular weight is 347 g/mol. The van der Waals surface area contributed by atoms with Gasteiger partial charge in [0.05, 0.1) is 24.2 Å². The summed E-state index contributed by atoms with van der Waals surface area (Å²) in [5.41, 5.74) is 3.50. The fourth-order valence-electron chi connectivity index (χ4n) is 3.34. The van der Waals surface area contributed by atoms with Crippen LogP contribution in [0.5, 0.6) is 5.75 Å². The van der Waals surface area contributed by atoms with Gasteiger partial charge in [0.2, 0.25) is 0 Å². The minimum atomic E-state index is 0.193. The predicted molar refractivity (Wildman–Crippen MR) is 98.4 cm³/mol. The minimum Gasteiger partial charge on any atom is -0.508 e. The van der Waals surface area contributed by atoms with Gasteiger partial charge in [0.15, 0.2) is 11.6 Å². The SMILES string of the molecule is Oc1cccc(-c2nc(N3CCOCC3)c3cc4ncccc4n3n2)c1. The molecule has 4 heterocycles. The minimum absolute atomic E-state index is 0.193. The first kappa shape index (κ1) is 15.1. The average Bonchev–Trinajstić information content (AvgIpc) is 3.06. The molecule has 1 aliphatic rings. The second-order valence-electron chi connectivity index (χ2n) is 6.26. The molecule has 0 atom stereocenters. The van der Waals surface area contributed by atoms with E-state index in [4.69, 9.17) is 14.8 Å². The Morgan fingerprint density at radius 3 is 2.73 bits per heavy atom. The van der Waals surface area contributed by atoms with Crippen LogP contribution in [0.15, 0.2) is 48.7 Å². The lowest BCUT2D eigenvalue weighted by Gasteiger charge is -2.28. The van der Waals surface area contributed by atoms with Crippen molar-refractivity contribution < 1.29 is 9.84 Å². The van der Waals surface area contributed by atoms with Crippen LogP contribution >= 0.6 is 0 Å². The first-order valence-electron chi connectivity index (χ1n) is 8.56. The van der Waals surface area contributed by atoms with Gasteiger partial charge in [-0.05, 0) is 30.3 Å². The smallest absolute Gasteiger partial charge is 0.182 e. The molecule has 3 aromatic heterocycles. The van der Waals surface area contributed by atoms with E-state index in [1.165, 1.54) is 0 Å². The van der Waals surface area contributed by atoms with E-state index in [-0.39, 0.29) is 5.75 Å². The lowest BCUT2D eigenvalue weighted by Crippen LogP contribution is -2.37. The van der Waals surface area contributed by atoms with E-state index < -0.39 is 0 Å². The Balaban J connectivity index is 1.79. The fraction of sp³-hybridized carbons (Fsp3) is 0.211. The van der Waals surface area contributed by atoms with Crippen LogP contribution in [-0.2, 0) is 4.74 Å². The van der Waals surface area contributed by atoms with Crippen LogP contribution in [0.3, 0.4) is 0 Å². The summed E-state index contributed by atoms with van der Waals surface area (Å²) in [4.78, 5) is 11.5. The molecule has 4 aromatic rings. The number of ether oxygens (including phenoxy) is 1. The number of hydrogen-bond donors (Lipinski definition) is 1. The zero-order chi connectivity index (χ0) is 17.5. The number of rotatable bonds is 2. The van der Waals surface area contributed by atoms with Crippen LogP contribution in [0.4, 0.5) is 5.82 Å². The Labute approximate surface area is 149 Å². The second kappa shape index (κ2) is 5.96. The number of morpholine rings is 1. The summed E-state index contributed by atoms with van der Waals surface area (Å²) >= 11 is 0. The van der Waals surface area contributed by atoms with E-state index in [1.807, 2.05) is 28.8 Å². The van der Waals surface area contributed by atoms with E-state index in [2.05, 4.69) is 9.88 Å².